The zero-order valence-electron chi connectivity index (χ0n) is 7.08. The molecule has 0 aromatic heterocycles. The summed E-state index contributed by atoms with van der Waals surface area (Å²) in [6.45, 7) is 2.07. The van der Waals surface area contributed by atoms with Gasteiger partial charge in [-0.2, -0.15) is 0 Å². The van der Waals surface area contributed by atoms with Gasteiger partial charge in [0.1, 0.15) is 12.6 Å². The van der Waals surface area contributed by atoms with Gasteiger partial charge < -0.3 is 9.59 Å². The Kier molecular flexibility index (Phi) is 7.00. The highest BCUT2D eigenvalue weighted by atomic mass is 16.1. The van der Waals surface area contributed by atoms with E-state index in [1.165, 1.54) is 0 Å². The fourth-order valence-electron chi connectivity index (χ4n) is 1.11. The highest BCUT2D eigenvalue weighted by Gasteiger charge is 2.04. The Morgan fingerprint density at radius 3 is 2.45 bits per heavy atom. The van der Waals surface area contributed by atoms with Crippen LogP contribution < -0.4 is 0 Å². The molecule has 0 radical (unpaired) electrons. The zero-order chi connectivity index (χ0) is 8.53. The zero-order valence-corrected chi connectivity index (χ0v) is 7.08. The quantitative estimate of drug-likeness (QED) is 0.417. The summed E-state index contributed by atoms with van der Waals surface area (Å²) in [5, 5.41) is 0. The molecule has 0 aliphatic heterocycles. The highest BCUT2D eigenvalue weighted by Crippen LogP contribution is 2.11. The third-order valence-corrected chi connectivity index (χ3v) is 1.75. The lowest BCUT2D eigenvalue weighted by Gasteiger charge is -2.05. The van der Waals surface area contributed by atoms with Crippen LogP contribution in [0.15, 0.2) is 0 Å². The molecule has 0 rings (SSSR count). The predicted molar refractivity (Wildman–Crippen MR) is 44.4 cm³/mol. The van der Waals surface area contributed by atoms with Gasteiger partial charge in [0.15, 0.2) is 0 Å². The normalized spacial score (nSPS) is 12.5. The van der Waals surface area contributed by atoms with Gasteiger partial charge in [0, 0.05) is 12.3 Å². The van der Waals surface area contributed by atoms with E-state index >= 15 is 0 Å². The Morgan fingerprint density at radius 2 is 2.00 bits per heavy atom. The molecular weight excluding hydrogens is 140 g/mol. The molecule has 0 amide bonds. The summed E-state index contributed by atoms with van der Waals surface area (Å²) in [5.41, 5.74) is 0. The Bertz CT molecular complexity index is 110. The van der Waals surface area contributed by atoms with Gasteiger partial charge in [0.2, 0.25) is 0 Å². The standard InChI is InChI=1S/C9H16O2/c1-2-5-9(8-11)6-3-4-7-10/h7-9H,2-6H2,1H3. The number of carbonyl (C=O) groups excluding carboxylic acids is 2. The number of rotatable bonds is 7. The predicted octanol–water partition coefficient (Wildman–Crippen LogP) is 1.97. The highest BCUT2D eigenvalue weighted by molar-refractivity contribution is 5.53. The summed E-state index contributed by atoms with van der Waals surface area (Å²) in [7, 11) is 0. The van der Waals surface area contributed by atoms with E-state index in [0.29, 0.717) is 6.42 Å². The summed E-state index contributed by atoms with van der Waals surface area (Å²) >= 11 is 0. The molecule has 0 aromatic rings. The van der Waals surface area contributed by atoms with Crippen molar-refractivity contribution < 1.29 is 9.59 Å². The third-order valence-electron chi connectivity index (χ3n) is 1.75. The first-order valence-corrected chi connectivity index (χ1v) is 4.24. The van der Waals surface area contributed by atoms with E-state index < -0.39 is 0 Å². The lowest BCUT2D eigenvalue weighted by molar-refractivity contribution is -0.112. The molecule has 0 aliphatic rings. The minimum atomic E-state index is 0.181. The van der Waals surface area contributed by atoms with Crippen molar-refractivity contribution in [1.29, 1.82) is 0 Å². The molecule has 1 unspecified atom stereocenters. The summed E-state index contributed by atoms with van der Waals surface area (Å²) in [4.78, 5) is 20.3. The number of hydrogen-bond acceptors (Lipinski definition) is 2. The maximum Gasteiger partial charge on any atom is 0.123 e. The van der Waals surface area contributed by atoms with Crippen molar-refractivity contribution in [2.45, 2.75) is 39.0 Å². The minimum Gasteiger partial charge on any atom is -0.303 e. The Morgan fingerprint density at radius 1 is 1.27 bits per heavy atom. The number of carbonyl (C=O) groups is 2. The molecule has 0 heterocycles. The van der Waals surface area contributed by atoms with Gasteiger partial charge in [-0.1, -0.05) is 13.3 Å². The van der Waals surface area contributed by atoms with Gasteiger partial charge in [-0.25, -0.2) is 0 Å². The Labute approximate surface area is 68.0 Å². The fraction of sp³-hybridized carbons (Fsp3) is 0.778. The van der Waals surface area contributed by atoms with Crippen LogP contribution in [-0.4, -0.2) is 12.6 Å². The van der Waals surface area contributed by atoms with Gasteiger partial charge in [-0.05, 0) is 19.3 Å². The van der Waals surface area contributed by atoms with Crippen molar-refractivity contribution in [3.8, 4) is 0 Å². The largest absolute Gasteiger partial charge is 0.303 e. The molecule has 2 nitrogen and oxygen atoms in total. The average Bonchev–Trinajstić information content (AvgIpc) is 2.03. The van der Waals surface area contributed by atoms with E-state index in [1.807, 2.05) is 0 Å². The van der Waals surface area contributed by atoms with Crippen molar-refractivity contribution in [3.63, 3.8) is 0 Å². The summed E-state index contributed by atoms with van der Waals surface area (Å²) in [6.07, 6.45) is 6.24. The molecule has 0 N–H and O–H groups in total. The van der Waals surface area contributed by atoms with E-state index in [1.54, 1.807) is 0 Å². The van der Waals surface area contributed by atoms with Crippen molar-refractivity contribution in [2.75, 3.05) is 0 Å². The molecule has 0 saturated heterocycles. The van der Waals surface area contributed by atoms with E-state index in [4.69, 9.17) is 0 Å². The van der Waals surface area contributed by atoms with Gasteiger partial charge in [0.25, 0.3) is 0 Å². The van der Waals surface area contributed by atoms with Gasteiger partial charge in [-0.15, -0.1) is 0 Å². The Hall–Kier alpha value is -0.660. The van der Waals surface area contributed by atoms with Gasteiger partial charge in [-0.3, -0.25) is 0 Å². The molecule has 0 bridgehead atoms. The average molecular weight is 156 g/mol. The topological polar surface area (TPSA) is 34.1 Å². The van der Waals surface area contributed by atoms with Gasteiger partial charge >= 0.3 is 0 Å². The first kappa shape index (κ1) is 10.3. The molecule has 0 aromatic carbocycles. The van der Waals surface area contributed by atoms with Crippen molar-refractivity contribution >= 4 is 12.6 Å². The van der Waals surface area contributed by atoms with Gasteiger partial charge in [0.05, 0.1) is 0 Å². The van der Waals surface area contributed by atoms with Crippen molar-refractivity contribution in [2.24, 2.45) is 5.92 Å². The van der Waals surface area contributed by atoms with Crippen LogP contribution in [0.2, 0.25) is 0 Å². The second-order valence-corrected chi connectivity index (χ2v) is 2.78. The van der Waals surface area contributed by atoms with Crippen LogP contribution in [0.3, 0.4) is 0 Å². The summed E-state index contributed by atoms with van der Waals surface area (Å²) in [5.74, 6) is 0.181. The number of hydrogen-bond donors (Lipinski definition) is 0. The molecule has 2 heteroatoms. The van der Waals surface area contributed by atoms with Crippen LogP contribution in [0.5, 0.6) is 0 Å². The van der Waals surface area contributed by atoms with E-state index in [2.05, 4.69) is 6.92 Å². The maximum absolute atomic E-state index is 10.4. The molecule has 0 aliphatic carbocycles. The van der Waals surface area contributed by atoms with Crippen LogP contribution in [0, 0.1) is 5.92 Å². The molecule has 1 atom stereocenters. The second kappa shape index (κ2) is 7.45. The van der Waals surface area contributed by atoms with Crippen molar-refractivity contribution in [3.05, 3.63) is 0 Å². The van der Waals surface area contributed by atoms with Crippen LogP contribution in [-0.2, 0) is 9.59 Å². The van der Waals surface area contributed by atoms with Crippen molar-refractivity contribution in [1.82, 2.24) is 0 Å². The lowest BCUT2D eigenvalue weighted by atomic mass is 9.99. The Balaban J connectivity index is 3.34. The first-order chi connectivity index (χ1) is 5.35. The van der Waals surface area contributed by atoms with Crippen LogP contribution in [0.1, 0.15) is 39.0 Å². The lowest BCUT2D eigenvalue weighted by Crippen LogP contribution is -2.01. The molecule has 0 spiro atoms. The van der Waals surface area contributed by atoms with Crippen LogP contribution >= 0.6 is 0 Å². The van der Waals surface area contributed by atoms with E-state index in [-0.39, 0.29) is 5.92 Å². The molecule has 0 fully saturated rings. The molecule has 64 valence electrons. The fourth-order valence-corrected chi connectivity index (χ4v) is 1.11. The summed E-state index contributed by atoms with van der Waals surface area (Å²) < 4.78 is 0. The number of unbranched alkanes of at least 4 members (excludes halogenated alkanes) is 1. The molecular formula is C9H16O2. The number of aldehydes is 2. The van der Waals surface area contributed by atoms with E-state index in [9.17, 15) is 9.59 Å². The minimum absolute atomic E-state index is 0.181. The summed E-state index contributed by atoms with van der Waals surface area (Å²) in [6, 6.07) is 0. The van der Waals surface area contributed by atoms with E-state index in [0.717, 1.165) is 38.3 Å². The van der Waals surface area contributed by atoms with Crippen LogP contribution in [0.25, 0.3) is 0 Å². The third kappa shape index (κ3) is 5.77. The molecule has 11 heavy (non-hydrogen) atoms. The van der Waals surface area contributed by atoms with Crippen LogP contribution in [0.4, 0.5) is 0 Å². The molecule has 0 saturated carbocycles. The second-order valence-electron chi connectivity index (χ2n) is 2.78. The smallest absolute Gasteiger partial charge is 0.123 e. The monoisotopic (exact) mass is 156 g/mol. The first-order valence-electron chi connectivity index (χ1n) is 4.24. The maximum atomic E-state index is 10.4. The SMILES string of the molecule is CCCC(C=O)CCCC=O.